The van der Waals surface area contributed by atoms with Crippen LogP contribution in [0.3, 0.4) is 0 Å². The van der Waals surface area contributed by atoms with Crippen LogP contribution in [0.5, 0.6) is 0 Å². The highest BCUT2D eigenvalue weighted by Crippen LogP contribution is 2.27. The van der Waals surface area contributed by atoms with Gasteiger partial charge in [0.15, 0.2) is 0 Å². The second kappa shape index (κ2) is 5.41. The van der Waals surface area contributed by atoms with Crippen LogP contribution in [0.1, 0.15) is 17.5 Å². The summed E-state index contributed by atoms with van der Waals surface area (Å²) in [4.78, 5) is 0. The van der Waals surface area contributed by atoms with E-state index >= 15 is 0 Å². The topological polar surface area (TPSA) is 0 Å². The van der Waals surface area contributed by atoms with Crippen LogP contribution in [0, 0.1) is 6.92 Å². The molecule has 0 aromatic heterocycles. The van der Waals surface area contributed by atoms with E-state index in [0.717, 1.165) is 18.9 Å². The summed E-state index contributed by atoms with van der Waals surface area (Å²) in [5.41, 5.74) is 2.68. The van der Waals surface area contributed by atoms with E-state index in [1.54, 1.807) is 0 Å². The molecule has 0 radical (unpaired) electrons. The van der Waals surface area contributed by atoms with Crippen molar-refractivity contribution in [3.05, 3.63) is 35.4 Å². The van der Waals surface area contributed by atoms with Gasteiger partial charge < -0.3 is 0 Å². The molecule has 14 heavy (non-hydrogen) atoms. The third-order valence-corrected chi connectivity index (χ3v) is 4.79. The molecule has 0 bridgehead atoms. The molecule has 1 aromatic rings. The molecule has 0 heterocycles. The highest BCUT2D eigenvalue weighted by Gasteiger charge is 2.23. The summed E-state index contributed by atoms with van der Waals surface area (Å²) in [5.74, 6) is 0. The molecule has 1 rings (SSSR count). The highest BCUT2D eigenvalue weighted by molar-refractivity contribution is 7.64. The summed E-state index contributed by atoms with van der Waals surface area (Å²) in [6.07, 6.45) is 1.97. The van der Waals surface area contributed by atoms with Gasteiger partial charge in [-0.1, -0.05) is 24.3 Å². The maximum atomic E-state index is 5.81. The van der Waals surface area contributed by atoms with Gasteiger partial charge >= 0.3 is 6.00 Å². The SMILES string of the molecule is Cc1ccccc1CCC[Si](Cl)(Cl)Cl. The summed E-state index contributed by atoms with van der Waals surface area (Å²) < 4.78 is 0. The summed E-state index contributed by atoms with van der Waals surface area (Å²) in [7, 11) is 0. The van der Waals surface area contributed by atoms with Crippen LogP contribution in [0.4, 0.5) is 0 Å². The number of hydrogen-bond acceptors (Lipinski definition) is 0. The van der Waals surface area contributed by atoms with Crippen molar-refractivity contribution in [2.24, 2.45) is 0 Å². The first-order valence-corrected chi connectivity index (χ1v) is 9.84. The number of halogens is 3. The molecule has 0 aliphatic heterocycles. The average molecular weight is 268 g/mol. The van der Waals surface area contributed by atoms with E-state index in [1.165, 1.54) is 11.1 Å². The minimum absolute atomic E-state index is 0.742. The summed E-state index contributed by atoms with van der Waals surface area (Å²) in [5, 5.41) is 0. The first-order valence-electron chi connectivity index (χ1n) is 4.60. The predicted molar refractivity (Wildman–Crippen MR) is 67.6 cm³/mol. The Hall–Kier alpha value is 0.307. The zero-order chi connectivity index (χ0) is 10.6. The normalized spacial score (nSPS) is 11.7. The molecule has 0 unspecified atom stereocenters. The number of hydrogen-bond donors (Lipinski definition) is 0. The van der Waals surface area contributed by atoms with Gasteiger partial charge in [-0.25, -0.2) is 0 Å². The molecule has 78 valence electrons. The lowest BCUT2D eigenvalue weighted by Crippen LogP contribution is -2.08. The molecule has 0 aliphatic rings. The predicted octanol–water partition coefficient (Wildman–Crippen LogP) is 4.58. The van der Waals surface area contributed by atoms with Gasteiger partial charge in [-0.2, -0.15) is 0 Å². The van der Waals surface area contributed by atoms with Gasteiger partial charge in [-0.3, -0.25) is 0 Å². The highest BCUT2D eigenvalue weighted by atomic mass is 35.8. The molecule has 0 N–H and O–H groups in total. The Morgan fingerprint density at radius 3 is 2.36 bits per heavy atom. The van der Waals surface area contributed by atoms with Crippen molar-refractivity contribution < 1.29 is 0 Å². The zero-order valence-corrected chi connectivity index (χ0v) is 11.3. The molecule has 0 aliphatic carbocycles. The fourth-order valence-corrected chi connectivity index (χ4v) is 3.15. The Balaban J connectivity index is 2.43. The summed E-state index contributed by atoms with van der Waals surface area (Å²) >= 11 is 17.4. The molecule has 4 heteroatoms. The Kier molecular flexibility index (Phi) is 4.78. The van der Waals surface area contributed by atoms with E-state index in [0.29, 0.717) is 0 Å². The number of benzene rings is 1. The van der Waals surface area contributed by atoms with E-state index in [9.17, 15) is 0 Å². The van der Waals surface area contributed by atoms with Crippen molar-refractivity contribution in [2.45, 2.75) is 25.8 Å². The van der Waals surface area contributed by atoms with Crippen molar-refractivity contribution in [3.8, 4) is 0 Å². The average Bonchev–Trinajstić information content (AvgIpc) is 2.06. The molecular weight excluding hydrogens is 255 g/mol. The molecule has 0 saturated carbocycles. The Bertz CT molecular complexity index is 294. The van der Waals surface area contributed by atoms with Crippen molar-refractivity contribution in [2.75, 3.05) is 0 Å². The molecule has 0 atom stereocenters. The van der Waals surface area contributed by atoms with Crippen LogP contribution in [-0.4, -0.2) is 6.00 Å². The van der Waals surface area contributed by atoms with Gasteiger partial charge in [0.1, 0.15) is 0 Å². The van der Waals surface area contributed by atoms with Gasteiger partial charge in [0.25, 0.3) is 0 Å². The lowest BCUT2D eigenvalue weighted by atomic mass is 10.1. The molecule has 0 saturated heterocycles. The van der Waals surface area contributed by atoms with Gasteiger partial charge in [0.05, 0.1) is 0 Å². The third-order valence-electron chi connectivity index (χ3n) is 2.17. The minimum Gasteiger partial charge on any atom is -0.126 e. The second-order valence-corrected chi connectivity index (χ2v) is 12.7. The van der Waals surface area contributed by atoms with Crippen molar-refractivity contribution in [1.82, 2.24) is 0 Å². The van der Waals surface area contributed by atoms with Crippen LogP contribution in [-0.2, 0) is 6.42 Å². The fraction of sp³-hybridized carbons (Fsp3) is 0.400. The first-order chi connectivity index (χ1) is 6.49. The number of rotatable bonds is 4. The van der Waals surface area contributed by atoms with E-state index in [-0.39, 0.29) is 0 Å². The molecule has 0 amide bonds. The Labute approximate surface area is 100 Å². The van der Waals surface area contributed by atoms with Crippen LogP contribution < -0.4 is 0 Å². The van der Waals surface area contributed by atoms with E-state index in [2.05, 4.69) is 25.1 Å². The van der Waals surface area contributed by atoms with Crippen molar-refractivity contribution >= 4 is 39.2 Å². The molecular formula is C10H13Cl3Si. The van der Waals surface area contributed by atoms with Gasteiger partial charge in [-0.05, 0) is 36.9 Å². The molecule has 0 fully saturated rings. The van der Waals surface area contributed by atoms with Gasteiger partial charge in [-0.15, -0.1) is 33.2 Å². The Morgan fingerprint density at radius 1 is 1.14 bits per heavy atom. The minimum atomic E-state index is -2.41. The van der Waals surface area contributed by atoms with Crippen LogP contribution in [0.25, 0.3) is 0 Å². The van der Waals surface area contributed by atoms with Crippen LogP contribution in [0.15, 0.2) is 24.3 Å². The second-order valence-electron chi connectivity index (χ2n) is 3.40. The van der Waals surface area contributed by atoms with Crippen molar-refractivity contribution in [3.63, 3.8) is 0 Å². The standard InChI is InChI=1S/C10H13Cl3Si/c1-9-5-2-3-6-10(9)7-4-8-14(11,12)13/h2-3,5-6H,4,7-8H2,1H3. The maximum Gasteiger partial charge on any atom is 0.341 e. The van der Waals surface area contributed by atoms with Crippen LogP contribution in [0.2, 0.25) is 6.04 Å². The zero-order valence-electron chi connectivity index (χ0n) is 8.06. The van der Waals surface area contributed by atoms with E-state index in [1.807, 2.05) is 6.07 Å². The van der Waals surface area contributed by atoms with Crippen molar-refractivity contribution in [1.29, 1.82) is 0 Å². The maximum absolute atomic E-state index is 5.81. The molecule has 0 spiro atoms. The lowest BCUT2D eigenvalue weighted by molar-refractivity contribution is 0.906. The third kappa shape index (κ3) is 4.69. The molecule has 1 aromatic carbocycles. The summed E-state index contributed by atoms with van der Waals surface area (Å²) in [6.45, 7) is 2.11. The van der Waals surface area contributed by atoms with Gasteiger partial charge in [0, 0.05) is 0 Å². The molecule has 0 nitrogen and oxygen atoms in total. The monoisotopic (exact) mass is 266 g/mol. The number of aryl methyl sites for hydroxylation is 2. The largest absolute Gasteiger partial charge is 0.341 e. The first kappa shape index (κ1) is 12.4. The lowest BCUT2D eigenvalue weighted by Gasteiger charge is -2.08. The smallest absolute Gasteiger partial charge is 0.126 e. The summed E-state index contributed by atoms with van der Waals surface area (Å²) in [6, 6.07) is 6.67. The van der Waals surface area contributed by atoms with Crippen LogP contribution >= 0.6 is 33.2 Å². The van der Waals surface area contributed by atoms with Gasteiger partial charge in [0.2, 0.25) is 0 Å². The van der Waals surface area contributed by atoms with E-state index in [4.69, 9.17) is 33.2 Å². The quantitative estimate of drug-likeness (QED) is 0.553. The van der Waals surface area contributed by atoms with E-state index < -0.39 is 6.00 Å². The Morgan fingerprint density at radius 2 is 1.79 bits per heavy atom. The fourth-order valence-electron chi connectivity index (χ4n) is 1.37.